The van der Waals surface area contributed by atoms with Crippen LogP contribution >= 0.6 is 0 Å². The molecule has 0 amide bonds. The first-order valence-corrected chi connectivity index (χ1v) is 3.71. The van der Waals surface area contributed by atoms with Crippen molar-refractivity contribution in [3.8, 4) is 0 Å². The Bertz CT molecular complexity index is 259. The fourth-order valence-electron chi connectivity index (χ4n) is 1.23. The summed E-state index contributed by atoms with van der Waals surface area (Å²) in [6.45, 7) is 2.40. The van der Waals surface area contributed by atoms with Crippen LogP contribution in [0.1, 0.15) is 13.3 Å². The Morgan fingerprint density at radius 3 is 3.18 bits per heavy atom. The van der Waals surface area contributed by atoms with Gasteiger partial charge in [0, 0.05) is 0 Å². The molecule has 1 aliphatic carbocycles. The summed E-state index contributed by atoms with van der Waals surface area (Å²) in [6.07, 6.45) is 7.13. The molecule has 0 unspecified atom stereocenters. The standard InChI is InChI=1S/C9H10O2/c1-7-4-2-3-5-8-9(7)11-6-10-8/h3-5H,2,6H2,1H3. The van der Waals surface area contributed by atoms with Crippen molar-refractivity contribution in [3.05, 3.63) is 35.3 Å². The second kappa shape index (κ2) is 2.46. The monoisotopic (exact) mass is 150 g/mol. The van der Waals surface area contributed by atoms with E-state index < -0.39 is 0 Å². The van der Waals surface area contributed by atoms with Crippen molar-refractivity contribution >= 4 is 0 Å². The molecule has 0 atom stereocenters. The average molecular weight is 150 g/mol. The zero-order valence-electron chi connectivity index (χ0n) is 6.46. The molecule has 0 spiro atoms. The van der Waals surface area contributed by atoms with Crippen LogP contribution in [0, 0.1) is 0 Å². The van der Waals surface area contributed by atoms with E-state index in [1.54, 1.807) is 0 Å². The Kier molecular flexibility index (Phi) is 1.46. The van der Waals surface area contributed by atoms with Crippen LogP contribution in [0.3, 0.4) is 0 Å². The van der Waals surface area contributed by atoms with E-state index in [4.69, 9.17) is 9.47 Å². The minimum atomic E-state index is 0.361. The lowest BCUT2D eigenvalue weighted by Gasteiger charge is -1.98. The van der Waals surface area contributed by atoms with E-state index in [0.29, 0.717) is 6.79 Å². The highest BCUT2D eigenvalue weighted by Gasteiger charge is 2.17. The van der Waals surface area contributed by atoms with Crippen LogP contribution in [0.2, 0.25) is 0 Å². The average Bonchev–Trinajstić information content (AvgIpc) is 2.40. The largest absolute Gasteiger partial charge is 0.454 e. The van der Waals surface area contributed by atoms with Crippen molar-refractivity contribution < 1.29 is 9.47 Å². The molecule has 2 aliphatic rings. The lowest BCUT2D eigenvalue weighted by molar-refractivity contribution is 0.0765. The normalized spacial score (nSPS) is 21.7. The predicted molar refractivity (Wildman–Crippen MR) is 41.6 cm³/mol. The summed E-state index contributed by atoms with van der Waals surface area (Å²) in [7, 11) is 0. The Balaban J connectivity index is 2.40. The highest BCUT2D eigenvalue weighted by molar-refractivity contribution is 5.35. The molecule has 0 aromatic carbocycles. The lowest BCUT2D eigenvalue weighted by Crippen LogP contribution is -1.86. The van der Waals surface area contributed by atoms with Crippen molar-refractivity contribution in [3.63, 3.8) is 0 Å². The van der Waals surface area contributed by atoms with Crippen molar-refractivity contribution in [2.45, 2.75) is 13.3 Å². The van der Waals surface area contributed by atoms with E-state index in [2.05, 4.69) is 12.2 Å². The second-order valence-electron chi connectivity index (χ2n) is 2.63. The first kappa shape index (κ1) is 6.53. The molecule has 0 N–H and O–H groups in total. The van der Waals surface area contributed by atoms with Crippen LogP contribution < -0.4 is 0 Å². The third-order valence-corrected chi connectivity index (χ3v) is 1.83. The van der Waals surface area contributed by atoms with Gasteiger partial charge in [0.15, 0.2) is 11.5 Å². The molecule has 2 rings (SSSR count). The van der Waals surface area contributed by atoms with Crippen LogP contribution in [0.5, 0.6) is 0 Å². The maximum absolute atomic E-state index is 5.29. The molecule has 0 radical (unpaired) electrons. The molecule has 1 aliphatic heterocycles. The summed E-state index contributed by atoms with van der Waals surface area (Å²) in [6, 6.07) is 0. The summed E-state index contributed by atoms with van der Waals surface area (Å²) in [5.74, 6) is 1.77. The molecule has 1 heterocycles. The maximum atomic E-state index is 5.29. The molecule has 2 heteroatoms. The minimum absolute atomic E-state index is 0.361. The smallest absolute Gasteiger partial charge is 0.231 e. The third kappa shape index (κ3) is 1.04. The van der Waals surface area contributed by atoms with E-state index in [0.717, 1.165) is 17.9 Å². The van der Waals surface area contributed by atoms with Gasteiger partial charge in [-0.2, -0.15) is 0 Å². The highest BCUT2D eigenvalue weighted by Crippen LogP contribution is 2.26. The van der Waals surface area contributed by atoms with E-state index in [-0.39, 0.29) is 0 Å². The van der Waals surface area contributed by atoms with Crippen molar-refractivity contribution in [2.75, 3.05) is 6.79 Å². The van der Waals surface area contributed by atoms with Gasteiger partial charge in [0.2, 0.25) is 6.79 Å². The molecule has 0 saturated heterocycles. The van der Waals surface area contributed by atoms with Crippen molar-refractivity contribution in [2.24, 2.45) is 0 Å². The Labute approximate surface area is 65.8 Å². The number of allylic oxidation sites excluding steroid dienone is 4. The molecular formula is C9H10O2. The number of hydrogen-bond acceptors (Lipinski definition) is 2. The van der Waals surface area contributed by atoms with Gasteiger partial charge >= 0.3 is 0 Å². The van der Waals surface area contributed by atoms with Crippen LogP contribution in [-0.4, -0.2) is 6.79 Å². The molecule has 0 saturated carbocycles. The SMILES string of the molecule is CC1=CCC=CC2=C1OCO2. The minimum Gasteiger partial charge on any atom is -0.454 e. The molecule has 58 valence electrons. The van der Waals surface area contributed by atoms with Gasteiger partial charge in [-0.3, -0.25) is 0 Å². The van der Waals surface area contributed by atoms with Crippen LogP contribution in [-0.2, 0) is 9.47 Å². The third-order valence-electron chi connectivity index (χ3n) is 1.83. The van der Waals surface area contributed by atoms with Crippen LogP contribution in [0.15, 0.2) is 35.3 Å². The summed E-state index contributed by atoms with van der Waals surface area (Å²) >= 11 is 0. The number of hydrogen-bond donors (Lipinski definition) is 0. The van der Waals surface area contributed by atoms with Crippen LogP contribution in [0.25, 0.3) is 0 Å². The summed E-state index contributed by atoms with van der Waals surface area (Å²) in [4.78, 5) is 0. The van der Waals surface area contributed by atoms with Gasteiger partial charge in [0.25, 0.3) is 0 Å². The first-order valence-electron chi connectivity index (χ1n) is 3.71. The van der Waals surface area contributed by atoms with Crippen LogP contribution in [0.4, 0.5) is 0 Å². The van der Waals surface area contributed by atoms with Crippen molar-refractivity contribution in [1.82, 2.24) is 0 Å². The van der Waals surface area contributed by atoms with Gasteiger partial charge in [0.1, 0.15) is 0 Å². The van der Waals surface area contributed by atoms with E-state index >= 15 is 0 Å². The first-order chi connectivity index (χ1) is 5.38. The maximum Gasteiger partial charge on any atom is 0.231 e. The molecule has 0 fully saturated rings. The second-order valence-corrected chi connectivity index (χ2v) is 2.63. The molecular weight excluding hydrogens is 140 g/mol. The number of ether oxygens (including phenoxy) is 2. The van der Waals surface area contributed by atoms with Gasteiger partial charge in [-0.05, 0) is 25.0 Å². The lowest BCUT2D eigenvalue weighted by atomic mass is 10.2. The summed E-state index contributed by atoms with van der Waals surface area (Å²) in [5, 5.41) is 0. The number of rotatable bonds is 0. The van der Waals surface area contributed by atoms with Gasteiger partial charge in [-0.15, -0.1) is 0 Å². The van der Waals surface area contributed by atoms with E-state index in [1.165, 1.54) is 5.57 Å². The van der Waals surface area contributed by atoms with Gasteiger partial charge in [-0.1, -0.05) is 12.2 Å². The Morgan fingerprint density at radius 1 is 1.36 bits per heavy atom. The molecule has 0 aromatic heterocycles. The van der Waals surface area contributed by atoms with Crippen molar-refractivity contribution in [1.29, 1.82) is 0 Å². The fourth-order valence-corrected chi connectivity index (χ4v) is 1.23. The van der Waals surface area contributed by atoms with Gasteiger partial charge < -0.3 is 9.47 Å². The summed E-state index contributed by atoms with van der Waals surface area (Å²) in [5.41, 5.74) is 1.17. The molecule has 0 bridgehead atoms. The predicted octanol–water partition coefficient (Wildman–Crippen LogP) is 2.11. The molecule has 11 heavy (non-hydrogen) atoms. The quantitative estimate of drug-likeness (QED) is 0.526. The summed E-state index contributed by atoms with van der Waals surface area (Å²) < 4.78 is 10.5. The van der Waals surface area contributed by atoms with E-state index in [9.17, 15) is 0 Å². The molecule has 0 aromatic rings. The fraction of sp³-hybridized carbons (Fsp3) is 0.333. The zero-order valence-corrected chi connectivity index (χ0v) is 6.46. The van der Waals surface area contributed by atoms with E-state index in [1.807, 2.05) is 13.0 Å². The zero-order chi connectivity index (χ0) is 7.68. The molecule has 2 nitrogen and oxygen atoms in total. The Morgan fingerprint density at radius 2 is 2.27 bits per heavy atom. The highest BCUT2D eigenvalue weighted by atomic mass is 16.7. The Hall–Kier alpha value is -1.18. The van der Waals surface area contributed by atoms with Gasteiger partial charge in [-0.25, -0.2) is 0 Å². The van der Waals surface area contributed by atoms with Gasteiger partial charge in [0.05, 0.1) is 0 Å². The topological polar surface area (TPSA) is 18.5 Å².